The number of guanidine groups is 1. The maximum atomic E-state index is 14.6. The predicted octanol–water partition coefficient (Wildman–Crippen LogP) is -1.83. The number of H-pyrrole nitrogens is 2. The van der Waals surface area contributed by atoms with Gasteiger partial charge in [0.15, 0.2) is 5.96 Å². The molecule has 0 bridgehead atoms. The first-order valence-corrected chi connectivity index (χ1v) is 29.0. The number of likely N-dealkylation sites (N-methyl/N-ethyl adjacent to an activating group) is 1. The van der Waals surface area contributed by atoms with Gasteiger partial charge in [0.1, 0.15) is 60.1 Å². The highest BCUT2D eigenvalue weighted by atomic mass is 16.3. The second kappa shape index (κ2) is 31.7. The van der Waals surface area contributed by atoms with E-state index in [0.717, 1.165) is 5.52 Å². The highest BCUT2D eigenvalue weighted by molar-refractivity contribution is 5.99. The number of fused-ring (bicyclic) bond motifs is 1. The number of benzene rings is 2. The minimum absolute atomic E-state index is 0.0861. The van der Waals surface area contributed by atoms with Gasteiger partial charge in [-0.3, -0.25) is 52.9 Å². The maximum absolute atomic E-state index is 14.6. The molecule has 2 fully saturated rings. The highest BCUT2D eigenvalue weighted by Crippen LogP contribution is 2.22. The second-order valence-electron chi connectivity index (χ2n) is 22.3. The van der Waals surface area contributed by atoms with Crippen LogP contribution in [0.3, 0.4) is 0 Å². The molecule has 6 rings (SSSR count). The van der Waals surface area contributed by atoms with Gasteiger partial charge in [-0.25, -0.2) is 4.98 Å². The molecule has 2 aliphatic rings. The zero-order chi connectivity index (χ0) is 62.6. The van der Waals surface area contributed by atoms with Crippen LogP contribution >= 0.6 is 0 Å². The van der Waals surface area contributed by atoms with Crippen molar-refractivity contribution in [2.75, 3.05) is 26.2 Å². The molecular formula is C58H82N16O12. The molecule has 2 aromatic carbocycles. The van der Waals surface area contributed by atoms with Crippen molar-refractivity contribution in [1.82, 2.24) is 67.7 Å². The van der Waals surface area contributed by atoms with Crippen molar-refractivity contribution >= 4 is 75.9 Å². The summed E-state index contributed by atoms with van der Waals surface area (Å²) in [5, 5.41) is 45.7. The second-order valence-corrected chi connectivity index (χ2v) is 22.3. The smallest absolute Gasteiger partial charge is 0.245 e. The van der Waals surface area contributed by atoms with Crippen LogP contribution in [0.4, 0.5) is 0 Å². The number of hydrogen-bond donors (Lipinski definition) is 15. The molecule has 0 spiro atoms. The monoisotopic (exact) mass is 1190 g/mol. The number of nitrogens with one attached hydrogen (secondary N) is 11. The number of para-hydroxylation sites is 1. The van der Waals surface area contributed by atoms with Crippen molar-refractivity contribution in [1.29, 1.82) is 0 Å². The summed E-state index contributed by atoms with van der Waals surface area (Å²) in [6.45, 7) is 8.49. The molecule has 0 unspecified atom stereocenters. The Morgan fingerprint density at radius 3 is 1.99 bits per heavy atom. The zero-order valence-corrected chi connectivity index (χ0v) is 49.1. The highest BCUT2D eigenvalue weighted by Gasteiger charge is 2.40. The van der Waals surface area contributed by atoms with Crippen molar-refractivity contribution in [3.63, 3.8) is 0 Å². The number of carbonyl (C=O) groups excluding carboxylic acids is 10. The van der Waals surface area contributed by atoms with Gasteiger partial charge >= 0.3 is 0 Å². The molecule has 28 nitrogen and oxygen atoms in total. The van der Waals surface area contributed by atoms with E-state index in [4.69, 9.17) is 11.5 Å². The van der Waals surface area contributed by atoms with Gasteiger partial charge in [-0.1, -0.05) is 58.0 Å². The zero-order valence-electron chi connectivity index (χ0n) is 49.1. The number of aromatic hydroxyl groups is 1. The number of amides is 10. The number of aliphatic hydroxyl groups excluding tert-OH is 1. The standard InChI is InChI=1S/C58H82N16O12/c1-6-62-55(84)46-14-10-22-74(46)57(86)40(13-9-21-63-58(59)60)67-50(79)41(23-31(2)3)71-56(85)48(32(4)5)73-53(82)42(24-33-15-17-36(76)18-16-33)68-54(83)45(29-75)72-51(80)43(25-34-27-64-38-12-8-7-11-37(34)38)69-52(81)44(26-35-28-61-30-65-35)70-49(78)39-19-20-47(77)66-39/h7-8,11-12,15-18,27-28,30-32,39-46,48,64,75-76H,6,9-10,13-14,19-26,29H2,1-5H3,(H,61,65)(H,62,84)(H,66,77)(H,67,79)(H,68,83)(H,69,81)(H,70,78)(H,71,85)(H,72,80)(H,73,82)(H4,59,60,63)/t39-,40+,41+,42+,43+,44-,45-,46+,48-/m1/s1. The van der Waals surface area contributed by atoms with Crippen molar-refractivity contribution in [3.8, 4) is 5.75 Å². The van der Waals surface area contributed by atoms with Gasteiger partial charge in [0.05, 0.1) is 12.9 Å². The molecule has 10 amide bonds. The van der Waals surface area contributed by atoms with E-state index in [0.29, 0.717) is 41.6 Å². The molecule has 86 heavy (non-hydrogen) atoms. The summed E-state index contributed by atoms with van der Waals surface area (Å²) in [7, 11) is 0. The Balaban J connectivity index is 1.21. The molecule has 0 saturated carbocycles. The number of phenolic OH excluding ortho intramolecular Hbond substituents is 1. The Bertz CT molecular complexity index is 3040. The SMILES string of the molecule is CCNC(=O)[C@@H]1CCCN1C(=O)[C@H](CCCN=C(N)N)NC(=O)[C@H](CC(C)C)NC(=O)[C@H](NC(=O)[C@H](Cc1ccc(O)cc1)NC(=O)[C@@H](CO)NC(=O)[C@H](Cc1c[nH]c2ccccc12)NC(=O)[C@@H](Cc1cnc[nH]1)NC(=O)[C@H]1CCC(=O)N1)C(C)C. The summed E-state index contributed by atoms with van der Waals surface area (Å²) in [5.74, 6) is -8.01. The average Bonchev–Trinajstić information content (AvgIpc) is 3.95. The number of nitrogens with zero attached hydrogens (tertiary/aromatic N) is 3. The third kappa shape index (κ3) is 19.0. The summed E-state index contributed by atoms with van der Waals surface area (Å²) < 4.78 is 0. The lowest BCUT2D eigenvalue weighted by atomic mass is 9.98. The van der Waals surface area contributed by atoms with Gasteiger partial charge in [-0.05, 0) is 86.6 Å². The number of aromatic nitrogens is 3. The Morgan fingerprint density at radius 1 is 0.733 bits per heavy atom. The lowest BCUT2D eigenvalue weighted by Crippen LogP contribution is -2.62. The summed E-state index contributed by atoms with van der Waals surface area (Å²) in [6, 6.07) is 1.52. The fourth-order valence-corrected chi connectivity index (χ4v) is 10.3. The van der Waals surface area contributed by atoms with Crippen molar-refractivity contribution in [2.45, 2.75) is 153 Å². The van der Waals surface area contributed by atoms with Crippen molar-refractivity contribution < 1.29 is 58.2 Å². The third-order valence-corrected chi connectivity index (χ3v) is 14.8. The molecule has 9 atom stereocenters. The van der Waals surface area contributed by atoms with Crippen LogP contribution in [0, 0.1) is 11.8 Å². The molecule has 0 radical (unpaired) electrons. The van der Waals surface area contributed by atoms with Crippen LogP contribution in [0.15, 0.2) is 72.2 Å². The first kappa shape index (κ1) is 66.1. The number of aromatic amines is 2. The number of imidazole rings is 1. The molecule has 2 aliphatic heterocycles. The summed E-state index contributed by atoms with van der Waals surface area (Å²) >= 11 is 0. The van der Waals surface area contributed by atoms with E-state index < -0.39 is 114 Å². The van der Waals surface area contributed by atoms with Crippen LogP contribution in [-0.2, 0) is 67.2 Å². The van der Waals surface area contributed by atoms with Crippen LogP contribution in [-0.4, -0.2) is 176 Å². The van der Waals surface area contributed by atoms with Gasteiger partial charge in [0, 0.05) is 74.3 Å². The van der Waals surface area contributed by atoms with Crippen molar-refractivity contribution in [2.24, 2.45) is 28.3 Å². The average molecular weight is 1200 g/mol. The topological polar surface area (TPSA) is 432 Å². The Hall–Kier alpha value is -9.08. The molecule has 4 aromatic rings. The fourth-order valence-electron chi connectivity index (χ4n) is 10.3. The predicted molar refractivity (Wildman–Crippen MR) is 315 cm³/mol. The number of aliphatic hydroxyl groups is 1. The van der Waals surface area contributed by atoms with Gasteiger partial charge in [0.2, 0.25) is 59.1 Å². The molecule has 4 heterocycles. The molecule has 466 valence electrons. The molecule has 28 heteroatoms. The number of rotatable bonds is 31. The molecule has 0 aliphatic carbocycles. The van der Waals surface area contributed by atoms with Crippen LogP contribution in [0.2, 0.25) is 0 Å². The minimum Gasteiger partial charge on any atom is -0.508 e. The van der Waals surface area contributed by atoms with Gasteiger partial charge in [0.25, 0.3) is 0 Å². The van der Waals surface area contributed by atoms with E-state index in [9.17, 15) is 58.2 Å². The number of carbonyl (C=O) groups is 10. The van der Waals surface area contributed by atoms with Crippen LogP contribution < -0.4 is 59.3 Å². The fraction of sp³-hybridized carbons (Fsp3) is 0.517. The Kier molecular flexibility index (Phi) is 24.4. The normalized spacial score (nSPS) is 17.2. The lowest BCUT2D eigenvalue weighted by Gasteiger charge is -2.31. The number of likely N-dealkylation sites (tertiary alicyclic amines) is 1. The first-order valence-electron chi connectivity index (χ1n) is 29.0. The quantitative estimate of drug-likeness (QED) is 0.0150. The molecule has 17 N–H and O–H groups in total. The van der Waals surface area contributed by atoms with E-state index in [1.165, 1.54) is 41.7 Å². The number of hydrogen-bond acceptors (Lipinski definition) is 14. The van der Waals surface area contributed by atoms with Crippen LogP contribution in [0.5, 0.6) is 5.75 Å². The Labute approximate surface area is 497 Å². The summed E-state index contributed by atoms with van der Waals surface area (Å²) in [6.07, 6.45) is 5.75. The first-order chi connectivity index (χ1) is 41.0. The van der Waals surface area contributed by atoms with E-state index in [-0.39, 0.29) is 93.9 Å². The van der Waals surface area contributed by atoms with E-state index in [2.05, 4.69) is 67.8 Å². The largest absolute Gasteiger partial charge is 0.508 e. The van der Waals surface area contributed by atoms with Crippen LogP contribution in [0.25, 0.3) is 10.9 Å². The summed E-state index contributed by atoms with van der Waals surface area (Å²) in [4.78, 5) is 155. The molecule has 2 aromatic heterocycles. The lowest BCUT2D eigenvalue weighted by molar-refractivity contribution is -0.142. The van der Waals surface area contributed by atoms with Crippen molar-refractivity contribution in [3.05, 3.63) is 84.1 Å². The number of nitrogens with two attached hydrogens (primary N) is 2. The number of phenols is 1. The van der Waals surface area contributed by atoms with Gasteiger partial charge in [-0.15, -0.1) is 0 Å². The molecular weight excluding hydrogens is 1110 g/mol. The van der Waals surface area contributed by atoms with Gasteiger partial charge < -0.3 is 84.4 Å². The third-order valence-electron chi connectivity index (χ3n) is 14.8. The number of aliphatic imine (C=N–C) groups is 1. The maximum Gasteiger partial charge on any atom is 0.245 e. The van der Waals surface area contributed by atoms with E-state index in [1.807, 2.05) is 19.9 Å². The van der Waals surface area contributed by atoms with Gasteiger partial charge in [-0.2, -0.15) is 0 Å². The minimum atomic E-state index is -1.75. The van der Waals surface area contributed by atoms with E-state index >= 15 is 0 Å². The summed E-state index contributed by atoms with van der Waals surface area (Å²) in [5.41, 5.74) is 13.3. The van der Waals surface area contributed by atoms with Crippen LogP contribution in [0.1, 0.15) is 96.4 Å². The molecule has 2 saturated heterocycles. The van der Waals surface area contributed by atoms with E-state index in [1.54, 1.807) is 45.2 Å². The Morgan fingerprint density at radius 2 is 1.36 bits per heavy atom.